The van der Waals surface area contributed by atoms with Crippen molar-refractivity contribution in [1.29, 1.82) is 0 Å². The number of nitrogens with one attached hydrogen (secondary N) is 1. The van der Waals surface area contributed by atoms with Crippen LogP contribution >= 0.6 is 0 Å². The molecule has 0 amide bonds. The van der Waals surface area contributed by atoms with Gasteiger partial charge in [0.25, 0.3) is 0 Å². The Kier molecular flexibility index (Phi) is 3.70. The van der Waals surface area contributed by atoms with Gasteiger partial charge in [-0.2, -0.15) is 4.52 Å². The van der Waals surface area contributed by atoms with E-state index >= 15 is 0 Å². The van der Waals surface area contributed by atoms with Gasteiger partial charge in [0.15, 0.2) is 5.65 Å². The molecule has 0 radical (unpaired) electrons. The third-order valence-electron chi connectivity index (χ3n) is 4.26. The predicted molar refractivity (Wildman–Crippen MR) is 94.7 cm³/mol. The fourth-order valence-corrected chi connectivity index (χ4v) is 2.96. The Balaban J connectivity index is 1.62. The molecule has 2 aromatic carbocycles. The molecule has 0 saturated carbocycles. The highest BCUT2D eigenvalue weighted by Crippen LogP contribution is 2.20. The van der Waals surface area contributed by atoms with Crippen LogP contribution in [-0.4, -0.2) is 20.0 Å². The Morgan fingerprint density at radius 2 is 1.71 bits per heavy atom. The lowest BCUT2D eigenvalue weighted by Gasteiger charge is -2.09. The van der Waals surface area contributed by atoms with E-state index in [2.05, 4.69) is 83.2 Å². The summed E-state index contributed by atoms with van der Waals surface area (Å²) in [6.07, 6.45) is 0. The van der Waals surface area contributed by atoms with Gasteiger partial charge in [0.1, 0.15) is 0 Å². The summed E-state index contributed by atoms with van der Waals surface area (Å²) in [6, 6.07) is 17.1. The van der Waals surface area contributed by atoms with E-state index in [1.807, 2.05) is 4.52 Å². The third-order valence-corrected chi connectivity index (χ3v) is 4.26. The van der Waals surface area contributed by atoms with E-state index in [1.165, 1.54) is 16.7 Å². The van der Waals surface area contributed by atoms with Crippen molar-refractivity contribution in [2.24, 2.45) is 0 Å². The highest BCUT2D eigenvalue weighted by molar-refractivity contribution is 5.83. The fourth-order valence-electron chi connectivity index (χ4n) is 2.96. The molecule has 120 valence electrons. The van der Waals surface area contributed by atoms with Gasteiger partial charge in [-0.25, -0.2) is 0 Å². The predicted octanol–water partition coefficient (Wildman–Crippen LogP) is 3.18. The van der Waals surface area contributed by atoms with E-state index in [4.69, 9.17) is 0 Å². The van der Waals surface area contributed by atoms with Gasteiger partial charge < -0.3 is 5.32 Å². The summed E-state index contributed by atoms with van der Waals surface area (Å²) in [5, 5.41) is 16.8. The summed E-state index contributed by atoms with van der Waals surface area (Å²) in [5.74, 6) is 0. The molecule has 2 heterocycles. The Morgan fingerprint density at radius 1 is 0.917 bits per heavy atom. The van der Waals surface area contributed by atoms with Gasteiger partial charge in [0.2, 0.25) is 0 Å². The van der Waals surface area contributed by atoms with Crippen LogP contribution in [0.15, 0.2) is 48.5 Å². The molecule has 0 aliphatic heterocycles. The second-order valence-corrected chi connectivity index (χ2v) is 6.24. The van der Waals surface area contributed by atoms with Crippen molar-refractivity contribution >= 4 is 16.6 Å². The van der Waals surface area contributed by atoms with E-state index in [1.54, 1.807) is 0 Å². The molecule has 5 heteroatoms. The molecule has 4 rings (SSSR count). The molecule has 0 atom stereocenters. The molecule has 0 aliphatic rings. The summed E-state index contributed by atoms with van der Waals surface area (Å²) in [5.41, 5.74) is 6.72. The van der Waals surface area contributed by atoms with Crippen LogP contribution in [0.4, 0.5) is 0 Å². The number of rotatable bonds is 4. The maximum absolute atomic E-state index is 4.19. The standard InChI is InChI=1S/C19H19N5/c1-13-3-6-15(7-4-13)11-20-12-17-10-16-9-14(2)5-8-18(16)24-19(17)21-22-23-24/h3-10,20H,11-12H2,1-2H3. The average molecular weight is 317 g/mol. The zero-order valence-corrected chi connectivity index (χ0v) is 13.8. The Bertz CT molecular complexity index is 1000. The van der Waals surface area contributed by atoms with Crippen LogP contribution < -0.4 is 5.32 Å². The first-order chi connectivity index (χ1) is 11.7. The number of pyridine rings is 1. The molecule has 5 nitrogen and oxygen atoms in total. The molecular formula is C19H19N5. The monoisotopic (exact) mass is 317 g/mol. The van der Waals surface area contributed by atoms with Crippen LogP contribution in [0.5, 0.6) is 0 Å². The molecule has 4 aromatic rings. The van der Waals surface area contributed by atoms with Crippen LogP contribution in [0, 0.1) is 13.8 Å². The van der Waals surface area contributed by atoms with Crippen LogP contribution in [-0.2, 0) is 13.1 Å². The maximum Gasteiger partial charge on any atom is 0.184 e. The van der Waals surface area contributed by atoms with E-state index in [-0.39, 0.29) is 0 Å². The average Bonchev–Trinajstić information content (AvgIpc) is 3.06. The van der Waals surface area contributed by atoms with Gasteiger partial charge in [-0.1, -0.05) is 41.5 Å². The van der Waals surface area contributed by atoms with Crippen molar-refractivity contribution in [2.45, 2.75) is 26.9 Å². The van der Waals surface area contributed by atoms with Crippen molar-refractivity contribution in [1.82, 2.24) is 25.4 Å². The van der Waals surface area contributed by atoms with Crippen LogP contribution in [0.1, 0.15) is 22.3 Å². The second-order valence-electron chi connectivity index (χ2n) is 6.24. The number of benzene rings is 2. The van der Waals surface area contributed by atoms with E-state index in [0.29, 0.717) is 0 Å². The number of tetrazole rings is 1. The van der Waals surface area contributed by atoms with Crippen LogP contribution in [0.25, 0.3) is 16.6 Å². The lowest BCUT2D eigenvalue weighted by Crippen LogP contribution is -2.13. The highest BCUT2D eigenvalue weighted by atomic mass is 15.5. The molecule has 0 spiro atoms. The normalized spacial score (nSPS) is 11.4. The lowest BCUT2D eigenvalue weighted by atomic mass is 10.1. The number of nitrogens with zero attached hydrogens (tertiary/aromatic N) is 4. The molecular weight excluding hydrogens is 298 g/mol. The smallest absolute Gasteiger partial charge is 0.184 e. The van der Waals surface area contributed by atoms with Gasteiger partial charge in [-0.05, 0) is 48.0 Å². The first-order valence-electron chi connectivity index (χ1n) is 8.07. The first-order valence-corrected chi connectivity index (χ1v) is 8.07. The zero-order chi connectivity index (χ0) is 16.5. The lowest BCUT2D eigenvalue weighted by molar-refractivity contribution is 0.694. The second kappa shape index (κ2) is 6.02. The molecule has 1 N–H and O–H groups in total. The Morgan fingerprint density at radius 3 is 2.54 bits per heavy atom. The number of fused-ring (bicyclic) bond motifs is 3. The number of aromatic nitrogens is 4. The minimum Gasteiger partial charge on any atom is -0.308 e. The van der Waals surface area contributed by atoms with Crippen molar-refractivity contribution in [2.75, 3.05) is 0 Å². The van der Waals surface area contributed by atoms with Gasteiger partial charge in [0, 0.05) is 24.0 Å². The highest BCUT2D eigenvalue weighted by Gasteiger charge is 2.09. The summed E-state index contributed by atoms with van der Waals surface area (Å²) in [7, 11) is 0. The quantitative estimate of drug-likeness (QED) is 0.628. The zero-order valence-electron chi connectivity index (χ0n) is 13.8. The SMILES string of the molecule is Cc1ccc(CNCc2cc3cc(C)ccc3n3nnnc23)cc1. The summed E-state index contributed by atoms with van der Waals surface area (Å²) in [4.78, 5) is 0. The van der Waals surface area contributed by atoms with Crippen molar-refractivity contribution in [3.8, 4) is 0 Å². The van der Waals surface area contributed by atoms with Gasteiger partial charge >= 0.3 is 0 Å². The Hall–Kier alpha value is -2.79. The van der Waals surface area contributed by atoms with Gasteiger partial charge in [-0.3, -0.25) is 0 Å². The fraction of sp³-hybridized carbons (Fsp3) is 0.211. The minimum absolute atomic E-state index is 0.724. The van der Waals surface area contributed by atoms with Gasteiger partial charge in [-0.15, -0.1) is 5.10 Å². The van der Waals surface area contributed by atoms with Gasteiger partial charge in [0.05, 0.1) is 5.52 Å². The van der Waals surface area contributed by atoms with E-state index in [0.717, 1.165) is 35.2 Å². The van der Waals surface area contributed by atoms with Crippen molar-refractivity contribution < 1.29 is 0 Å². The number of aryl methyl sites for hydroxylation is 2. The van der Waals surface area contributed by atoms with Crippen molar-refractivity contribution in [3.63, 3.8) is 0 Å². The molecule has 2 aromatic heterocycles. The van der Waals surface area contributed by atoms with E-state index in [9.17, 15) is 0 Å². The minimum atomic E-state index is 0.724. The topological polar surface area (TPSA) is 55.1 Å². The Labute approximate surface area is 140 Å². The maximum atomic E-state index is 4.19. The van der Waals surface area contributed by atoms with E-state index < -0.39 is 0 Å². The number of hydrogen-bond acceptors (Lipinski definition) is 4. The number of hydrogen-bond donors (Lipinski definition) is 1. The summed E-state index contributed by atoms with van der Waals surface area (Å²) in [6.45, 7) is 5.74. The molecule has 0 saturated heterocycles. The molecule has 24 heavy (non-hydrogen) atoms. The third kappa shape index (κ3) is 2.74. The molecule has 0 bridgehead atoms. The van der Waals surface area contributed by atoms with Crippen molar-refractivity contribution in [3.05, 3.63) is 70.8 Å². The summed E-state index contributed by atoms with van der Waals surface area (Å²) >= 11 is 0. The summed E-state index contributed by atoms with van der Waals surface area (Å²) < 4.78 is 1.82. The molecule has 0 unspecified atom stereocenters. The van der Waals surface area contributed by atoms with Crippen LogP contribution in [0.3, 0.4) is 0 Å². The largest absolute Gasteiger partial charge is 0.308 e. The molecule has 0 fully saturated rings. The molecule has 0 aliphatic carbocycles. The first kappa shape index (κ1) is 14.8. The van der Waals surface area contributed by atoms with Crippen LogP contribution in [0.2, 0.25) is 0 Å².